The maximum atomic E-state index is 2.29. The first kappa shape index (κ1) is 11.1. The first-order valence-corrected chi connectivity index (χ1v) is 5.29. The van der Waals surface area contributed by atoms with Crippen molar-refractivity contribution in [3.8, 4) is 0 Å². The van der Waals surface area contributed by atoms with Crippen LogP contribution in [0.5, 0.6) is 0 Å². The van der Waals surface area contributed by atoms with Gasteiger partial charge in [-0.15, -0.1) is 0 Å². The molecule has 1 aromatic rings. The molecule has 1 heteroatoms. The molecule has 0 aliphatic heterocycles. The summed E-state index contributed by atoms with van der Waals surface area (Å²) in [5.74, 6) is 1.35. The molecule has 1 nitrogen and oxygen atoms in total. The van der Waals surface area contributed by atoms with E-state index < -0.39 is 0 Å². The zero-order chi connectivity index (χ0) is 10.7. The number of hydrogen-bond acceptors (Lipinski definition) is 1. The summed E-state index contributed by atoms with van der Waals surface area (Å²) in [6.07, 6.45) is 0. The van der Waals surface area contributed by atoms with Crippen molar-refractivity contribution in [1.29, 1.82) is 0 Å². The highest BCUT2D eigenvalue weighted by atomic mass is 15.1. The Hall–Kier alpha value is -0.980. The highest BCUT2D eigenvalue weighted by molar-refractivity contribution is 5.46. The lowest BCUT2D eigenvalue weighted by Crippen LogP contribution is -2.09. The zero-order valence-electron chi connectivity index (χ0n) is 9.91. The van der Waals surface area contributed by atoms with Crippen molar-refractivity contribution in [1.82, 2.24) is 0 Å². The third-order valence-electron chi connectivity index (χ3n) is 2.94. The molecule has 0 N–H and O–H groups in total. The van der Waals surface area contributed by atoms with Gasteiger partial charge in [0.05, 0.1) is 0 Å². The fourth-order valence-electron chi connectivity index (χ4n) is 1.46. The molecule has 0 saturated carbocycles. The monoisotopic (exact) mass is 191 g/mol. The highest BCUT2D eigenvalue weighted by Crippen LogP contribution is 2.25. The van der Waals surface area contributed by atoms with Gasteiger partial charge in [0.15, 0.2) is 0 Å². The zero-order valence-corrected chi connectivity index (χ0v) is 9.91. The third kappa shape index (κ3) is 2.50. The van der Waals surface area contributed by atoms with Crippen molar-refractivity contribution in [2.45, 2.75) is 26.7 Å². The quantitative estimate of drug-likeness (QED) is 0.706. The first-order valence-electron chi connectivity index (χ1n) is 5.29. The van der Waals surface area contributed by atoms with E-state index in [1.807, 2.05) is 0 Å². The normalized spacial score (nSPS) is 13.0. The van der Waals surface area contributed by atoms with Crippen LogP contribution in [0.2, 0.25) is 0 Å². The molecule has 14 heavy (non-hydrogen) atoms. The van der Waals surface area contributed by atoms with Crippen molar-refractivity contribution in [2.24, 2.45) is 5.92 Å². The SMILES string of the molecule is CC(C)[C@@H](C)c1ccc(N(C)C)cc1. The lowest BCUT2D eigenvalue weighted by molar-refractivity contribution is 0.535. The van der Waals surface area contributed by atoms with E-state index in [9.17, 15) is 0 Å². The smallest absolute Gasteiger partial charge is 0.0361 e. The first-order chi connectivity index (χ1) is 6.52. The molecule has 0 bridgehead atoms. The number of anilines is 1. The van der Waals surface area contributed by atoms with Gasteiger partial charge < -0.3 is 4.90 Å². The number of hydrogen-bond donors (Lipinski definition) is 0. The standard InChI is InChI=1S/C13H21N/c1-10(2)11(3)12-6-8-13(9-7-12)14(4)5/h6-11H,1-5H3/t11-/m1/s1. The minimum absolute atomic E-state index is 0.645. The maximum Gasteiger partial charge on any atom is 0.0361 e. The van der Waals surface area contributed by atoms with Gasteiger partial charge in [-0.05, 0) is 29.5 Å². The van der Waals surface area contributed by atoms with Crippen molar-refractivity contribution in [3.05, 3.63) is 29.8 Å². The molecule has 0 aliphatic carbocycles. The minimum Gasteiger partial charge on any atom is -0.378 e. The predicted octanol–water partition coefficient (Wildman–Crippen LogP) is 3.51. The maximum absolute atomic E-state index is 2.29. The van der Waals surface area contributed by atoms with Crippen LogP contribution in [0.25, 0.3) is 0 Å². The summed E-state index contributed by atoms with van der Waals surface area (Å²) in [5, 5.41) is 0. The summed E-state index contributed by atoms with van der Waals surface area (Å²) in [5.41, 5.74) is 2.70. The predicted molar refractivity (Wildman–Crippen MR) is 64.0 cm³/mol. The highest BCUT2D eigenvalue weighted by Gasteiger charge is 2.09. The van der Waals surface area contributed by atoms with Gasteiger partial charge in [-0.1, -0.05) is 32.9 Å². The van der Waals surface area contributed by atoms with E-state index in [2.05, 4.69) is 64.0 Å². The largest absolute Gasteiger partial charge is 0.378 e. The van der Waals surface area contributed by atoms with Crippen LogP contribution in [-0.4, -0.2) is 14.1 Å². The Labute approximate surface area is 87.7 Å². The average Bonchev–Trinajstić information content (AvgIpc) is 2.16. The Morgan fingerprint density at radius 3 is 1.79 bits per heavy atom. The Morgan fingerprint density at radius 2 is 1.43 bits per heavy atom. The van der Waals surface area contributed by atoms with Crippen LogP contribution in [0.4, 0.5) is 5.69 Å². The van der Waals surface area contributed by atoms with Crippen molar-refractivity contribution < 1.29 is 0 Å². The van der Waals surface area contributed by atoms with Crippen molar-refractivity contribution >= 4 is 5.69 Å². The molecule has 0 fully saturated rings. The number of nitrogens with zero attached hydrogens (tertiary/aromatic N) is 1. The summed E-state index contributed by atoms with van der Waals surface area (Å²) in [7, 11) is 4.14. The van der Waals surface area contributed by atoms with Crippen LogP contribution in [0, 0.1) is 5.92 Å². The fraction of sp³-hybridized carbons (Fsp3) is 0.538. The molecule has 0 spiro atoms. The second-order valence-corrected chi connectivity index (χ2v) is 4.52. The van der Waals surface area contributed by atoms with Gasteiger partial charge in [-0.25, -0.2) is 0 Å². The Balaban J connectivity index is 2.83. The number of rotatable bonds is 3. The van der Waals surface area contributed by atoms with Gasteiger partial charge in [-0.2, -0.15) is 0 Å². The molecule has 1 aromatic carbocycles. The van der Waals surface area contributed by atoms with Gasteiger partial charge >= 0.3 is 0 Å². The second-order valence-electron chi connectivity index (χ2n) is 4.52. The van der Waals surface area contributed by atoms with Crippen LogP contribution in [-0.2, 0) is 0 Å². The van der Waals surface area contributed by atoms with Gasteiger partial charge in [0, 0.05) is 19.8 Å². The molecule has 0 unspecified atom stereocenters. The van der Waals surface area contributed by atoms with Gasteiger partial charge in [0.25, 0.3) is 0 Å². The summed E-state index contributed by atoms with van der Waals surface area (Å²) in [6.45, 7) is 6.82. The van der Waals surface area contributed by atoms with Crippen LogP contribution >= 0.6 is 0 Å². The van der Waals surface area contributed by atoms with Crippen LogP contribution in [0.1, 0.15) is 32.3 Å². The average molecular weight is 191 g/mol. The molecule has 0 radical (unpaired) electrons. The summed E-state index contributed by atoms with van der Waals surface area (Å²) < 4.78 is 0. The van der Waals surface area contributed by atoms with E-state index in [1.165, 1.54) is 11.3 Å². The molecule has 1 atom stereocenters. The van der Waals surface area contributed by atoms with Gasteiger partial charge in [0.2, 0.25) is 0 Å². The molecule has 0 amide bonds. The lowest BCUT2D eigenvalue weighted by Gasteiger charge is -2.18. The van der Waals surface area contributed by atoms with E-state index in [1.54, 1.807) is 0 Å². The van der Waals surface area contributed by atoms with E-state index in [0.29, 0.717) is 11.8 Å². The Bertz CT molecular complexity index is 272. The van der Waals surface area contributed by atoms with Crippen molar-refractivity contribution in [3.63, 3.8) is 0 Å². The van der Waals surface area contributed by atoms with Crippen molar-refractivity contribution in [2.75, 3.05) is 19.0 Å². The van der Waals surface area contributed by atoms with E-state index in [4.69, 9.17) is 0 Å². The lowest BCUT2D eigenvalue weighted by atomic mass is 9.90. The topological polar surface area (TPSA) is 3.24 Å². The minimum atomic E-state index is 0.645. The van der Waals surface area contributed by atoms with Crippen LogP contribution in [0.15, 0.2) is 24.3 Å². The molecule has 78 valence electrons. The summed E-state index contributed by atoms with van der Waals surface area (Å²) >= 11 is 0. The van der Waals surface area contributed by atoms with E-state index in [0.717, 1.165) is 0 Å². The van der Waals surface area contributed by atoms with Crippen LogP contribution < -0.4 is 4.90 Å². The molecule has 0 heterocycles. The molecule has 0 aromatic heterocycles. The number of benzene rings is 1. The molecule has 1 rings (SSSR count). The summed E-state index contributed by atoms with van der Waals surface area (Å²) in [6, 6.07) is 8.85. The van der Waals surface area contributed by atoms with Crippen LogP contribution in [0.3, 0.4) is 0 Å². The molecule has 0 aliphatic rings. The van der Waals surface area contributed by atoms with E-state index in [-0.39, 0.29) is 0 Å². The molecular weight excluding hydrogens is 170 g/mol. The Morgan fingerprint density at radius 1 is 0.929 bits per heavy atom. The molecule has 0 saturated heterocycles. The second kappa shape index (κ2) is 4.50. The molecular formula is C13H21N. The van der Waals surface area contributed by atoms with Gasteiger partial charge in [-0.3, -0.25) is 0 Å². The third-order valence-corrected chi connectivity index (χ3v) is 2.94. The fourth-order valence-corrected chi connectivity index (χ4v) is 1.46. The Kier molecular flexibility index (Phi) is 3.56. The van der Waals surface area contributed by atoms with E-state index >= 15 is 0 Å². The van der Waals surface area contributed by atoms with Gasteiger partial charge in [0.1, 0.15) is 0 Å². The summed E-state index contributed by atoms with van der Waals surface area (Å²) in [4.78, 5) is 2.13.